The van der Waals surface area contributed by atoms with Crippen LogP contribution in [0.25, 0.3) is 20.7 Å². The first-order chi connectivity index (χ1) is 7.72. The van der Waals surface area contributed by atoms with E-state index >= 15 is 0 Å². The summed E-state index contributed by atoms with van der Waals surface area (Å²) in [5, 5.41) is 8.14. The van der Waals surface area contributed by atoms with Crippen LogP contribution in [0.1, 0.15) is 5.56 Å². The van der Waals surface area contributed by atoms with Crippen molar-refractivity contribution in [2.45, 2.75) is 6.92 Å². The van der Waals surface area contributed by atoms with Gasteiger partial charge in [0.2, 0.25) is 0 Å². The van der Waals surface area contributed by atoms with Crippen LogP contribution in [0.2, 0.25) is 0 Å². The van der Waals surface area contributed by atoms with Crippen LogP contribution in [0, 0.1) is 6.92 Å². The van der Waals surface area contributed by atoms with Gasteiger partial charge in [0.15, 0.2) is 0 Å². The third-order valence-corrected chi connectivity index (χ3v) is 3.67. The van der Waals surface area contributed by atoms with Gasteiger partial charge >= 0.3 is 0 Å². The van der Waals surface area contributed by atoms with E-state index in [1.54, 1.807) is 11.3 Å². The second-order valence-electron chi connectivity index (χ2n) is 3.86. The number of benzene rings is 1. The van der Waals surface area contributed by atoms with Gasteiger partial charge in [0.25, 0.3) is 0 Å². The van der Waals surface area contributed by atoms with Crippen LogP contribution in [-0.4, -0.2) is 10.2 Å². The van der Waals surface area contributed by atoms with Crippen molar-refractivity contribution in [3.63, 3.8) is 0 Å². The fraction of sp³-hybridized carbons (Fsp3) is 0.0833. The summed E-state index contributed by atoms with van der Waals surface area (Å²) in [6, 6.07) is 10.5. The smallest absolute Gasteiger partial charge is 0.145 e. The molecule has 0 bridgehead atoms. The van der Waals surface area contributed by atoms with Crippen molar-refractivity contribution in [2.24, 2.45) is 0 Å². The molecule has 3 nitrogen and oxygen atoms in total. The summed E-state index contributed by atoms with van der Waals surface area (Å²) < 4.78 is 1.29. The molecule has 0 saturated carbocycles. The molecule has 4 heteroatoms. The van der Waals surface area contributed by atoms with Crippen molar-refractivity contribution < 1.29 is 0 Å². The number of aryl methyl sites for hydroxylation is 1. The molecule has 16 heavy (non-hydrogen) atoms. The Morgan fingerprint density at radius 3 is 2.88 bits per heavy atom. The van der Waals surface area contributed by atoms with E-state index in [4.69, 9.17) is 5.73 Å². The molecular formula is C12H11N3S. The molecule has 0 aliphatic rings. The molecule has 0 aliphatic heterocycles. The zero-order valence-corrected chi connectivity index (χ0v) is 9.64. The van der Waals surface area contributed by atoms with Crippen LogP contribution in [0.5, 0.6) is 0 Å². The maximum atomic E-state index is 5.60. The van der Waals surface area contributed by atoms with Gasteiger partial charge in [-0.25, -0.2) is 0 Å². The number of H-pyrrole nitrogens is 1. The van der Waals surface area contributed by atoms with Crippen molar-refractivity contribution >= 4 is 27.2 Å². The minimum absolute atomic E-state index is 0.531. The standard InChI is InChI=1S/C12H11N3S/c1-7-2-3-8-5-11(16-10(8)4-7)9-6-12(13)15-14-9/h2-6H,1H3,(H3,13,14,15). The van der Waals surface area contributed by atoms with Gasteiger partial charge in [-0.1, -0.05) is 12.1 Å². The molecule has 0 aliphatic carbocycles. The molecule has 80 valence electrons. The lowest BCUT2D eigenvalue weighted by Gasteiger charge is -1.89. The molecule has 0 atom stereocenters. The molecule has 3 aromatic rings. The SMILES string of the molecule is Cc1ccc2cc(-c3cc(N)n[nH]3)sc2c1. The third-order valence-electron chi connectivity index (χ3n) is 2.54. The highest BCUT2D eigenvalue weighted by molar-refractivity contribution is 7.22. The molecule has 2 heterocycles. The monoisotopic (exact) mass is 229 g/mol. The summed E-state index contributed by atoms with van der Waals surface area (Å²) >= 11 is 1.75. The van der Waals surface area contributed by atoms with Crippen molar-refractivity contribution in [3.8, 4) is 10.6 Å². The number of hydrogen-bond donors (Lipinski definition) is 2. The van der Waals surface area contributed by atoms with Gasteiger partial charge in [0.1, 0.15) is 5.82 Å². The Labute approximate surface area is 96.9 Å². The molecule has 3 N–H and O–H groups in total. The van der Waals surface area contributed by atoms with E-state index in [-0.39, 0.29) is 0 Å². The fourth-order valence-corrected chi connectivity index (χ4v) is 2.86. The summed E-state index contributed by atoms with van der Waals surface area (Å²) in [6.45, 7) is 2.10. The van der Waals surface area contributed by atoms with Crippen LogP contribution in [-0.2, 0) is 0 Å². The molecular weight excluding hydrogens is 218 g/mol. The number of hydrogen-bond acceptors (Lipinski definition) is 3. The first kappa shape index (κ1) is 9.42. The minimum Gasteiger partial charge on any atom is -0.382 e. The fourth-order valence-electron chi connectivity index (χ4n) is 1.73. The zero-order chi connectivity index (χ0) is 11.1. The van der Waals surface area contributed by atoms with E-state index < -0.39 is 0 Å². The van der Waals surface area contributed by atoms with E-state index in [1.807, 2.05) is 6.07 Å². The largest absolute Gasteiger partial charge is 0.382 e. The van der Waals surface area contributed by atoms with E-state index in [0.717, 1.165) is 5.69 Å². The Bertz CT molecular complexity index is 651. The Morgan fingerprint density at radius 1 is 1.25 bits per heavy atom. The second kappa shape index (κ2) is 3.35. The Balaban J connectivity index is 2.18. The molecule has 0 radical (unpaired) electrons. The minimum atomic E-state index is 0.531. The van der Waals surface area contributed by atoms with Crippen molar-refractivity contribution in [2.75, 3.05) is 5.73 Å². The summed E-state index contributed by atoms with van der Waals surface area (Å²) in [5.41, 5.74) is 7.86. The molecule has 3 rings (SSSR count). The van der Waals surface area contributed by atoms with Crippen LogP contribution >= 0.6 is 11.3 Å². The van der Waals surface area contributed by atoms with Gasteiger partial charge < -0.3 is 5.73 Å². The summed E-state index contributed by atoms with van der Waals surface area (Å²) in [6.07, 6.45) is 0. The van der Waals surface area contributed by atoms with Crippen molar-refractivity contribution in [3.05, 3.63) is 35.9 Å². The molecule has 2 aromatic heterocycles. The zero-order valence-electron chi connectivity index (χ0n) is 8.82. The predicted octanol–water partition coefficient (Wildman–Crippen LogP) is 3.18. The number of nitrogens with two attached hydrogens (primary N) is 1. The summed E-state index contributed by atoms with van der Waals surface area (Å²) in [7, 11) is 0. The van der Waals surface area contributed by atoms with Crippen molar-refractivity contribution in [1.82, 2.24) is 10.2 Å². The Kier molecular flexibility index (Phi) is 1.97. The number of nitrogens with zero attached hydrogens (tertiary/aromatic N) is 1. The highest BCUT2D eigenvalue weighted by atomic mass is 32.1. The lowest BCUT2D eigenvalue weighted by molar-refractivity contribution is 1.11. The predicted molar refractivity (Wildman–Crippen MR) is 68.6 cm³/mol. The number of thiophene rings is 1. The molecule has 1 aromatic carbocycles. The van der Waals surface area contributed by atoms with Gasteiger partial charge in [0.05, 0.1) is 10.6 Å². The van der Waals surface area contributed by atoms with E-state index in [2.05, 4.69) is 41.4 Å². The number of anilines is 1. The lowest BCUT2D eigenvalue weighted by Crippen LogP contribution is -1.81. The highest BCUT2D eigenvalue weighted by Gasteiger charge is 2.06. The topological polar surface area (TPSA) is 54.7 Å². The van der Waals surface area contributed by atoms with E-state index in [9.17, 15) is 0 Å². The number of nitrogen functional groups attached to an aromatic ring is 1. The lowest BCUT2D eigenvalue weighted by atomic mass is 10.2. The first-order valence-corrected chi connectivity index (χ1v) is 5.85. The van der Waals surface area contributed by atoms with Crippen LogP contribution < -0.4 is 5.73 Å². The van der Waals surface area contributed by atoms with Gasteiger partial charge in [-0.2, -0.15) is 5.10 Å². The Morgan fingerprint density at radius 2 is 2.12 bits per heavy atom. The average Bonchev–Trinajstić information content (AvgIpc) is 2.83. The normalized spacial score (nSPS) is 11.1. The van der Waals surface area contributed by atoms with Gasteiger partial charge in [-0.3, -0.25) is 5.10 Å². The van der Waals surface area contributed by atoms with Gasteiger partial charge in [-0.15, -0.1) is 11.3 Å². The van der Waals surface area contributed by atoms with E-state index in [1.165, 1.54) is 20.5 Å². The summed E-state index contributed by atoms with van der Waals surface area (Å²) in [4.78, 5) is 1.17. The van der Waals surface area contributed by atoms with Crippen LogP contribution in [0.4, 0.5) is 5.82 Å². The van der Waals surface area contributed by atoms with E-state index in [0.29, 0.717) is 5.82 Å². The number of nitrogens with one attached hydrogen (secondary N) is 1. The highest BCUT2D eigenvalue weighted by Crippen LogP contribution is 2.33. The number of rotatable bonds is 1. The molecule has 0 unspecified atom stereocenters. The average molecular weight is 229 g/mol. The van der Waals surface area contributed by atoms with Crippen LogP contribution in [0.15, 0.2) is 30.3 Å². The first-order valence-electron chi connectivity index (χ1n) is 5.04. The quantitative estimate of drug-likeness (QED) is 0.673. The molecule has 0 saturated heterocycles. The third kappa shape index (κ3) is 1.47. The number of aromatic nitrogens is 2. The maximum absolute atomic E-state index is 5.60. The molecule has 0 fully saturated rings. The van der Waals surface area contributed by atoms with Crippen LogP contribution in [0.3, 0.4) is 0 Å². The second-order valence-corrected chi connectivity index (χ2v) is 4.94. The Hall–Kier alpha value is -1.81. The number of fused-ring (bicyclic) bond motifs is 1. The number of aromatic amines is 1. The van der Waals surface area contributed by atoms with Crippen molar-refractivity contribution in [1.29, 1.82) is 0 Å². The maximum Gasteiger partial charge on any atom is 0.145 e. The van der Waals surface area contributed by atoms with Gasteiger partial charge in [-0.05, 0) is 30.0 Å². The summed E-state index contributed by atoms with van der Waals surface area (Å²) in [5.74, 6) is 0.531. The molecule has 0 spiro atoms. The molecule has 0 amide bonds. The van der Waals surface area contributed by atoms with Gasteiger partial charge in [0, 0.05) is 10.8 Å².